The molecule has 14 atom stereocenters. The molecule has 3 rings (SSSR count). The number of rotatable bonds is 9. The normalized spacial score (nSPS) is 50.2. The molecule has 0 bridgehead atoms. The molecule has 0 radical (unpaired) electrons. The van der Waals surface area contributed by atoms with Crippen LogP contribution in [0.15, 0.2) is 0 Å². The van der Waals surface area contributed by atoms with Crippen LogP contribution in [-0.2, 0) is 33.2 Å². The van der Waals surface area contributed by atoms with E-state index in [4.69, 9.17) is 50.4 Å². The molecule has 0 aliphatic carbocycles. The van der Waals surface area contributed by atoms with Crippen LogP contribution in [0.4, 0.5) is 0 Å². The molecular weight excluding hydrogens is 490 g/mol. The minimum absolute atomic E-state index is 0.358. The van der Waals surface area contributed by atoms with E-state index >= 15 is 0 Å². The van der Waals surface area contributed by atoms with Crippen molar-refractivity contribution in [2.24, 2.45) is 17.2 Å². The van der Waals surface area contributed by atoms with Gasteiger partial charge in [-0.3, -0.25) is 0 Å². The maximum atomic E-state index is 11.2. The fourth-order valence-electron chi connectivity index (χ4n) is 4.69. The summed E-state index contributed by atoms with van der Waals surface area (Å²) in [4.78, 5) is 0. The van der Waals surface area contributed by atoms with E-state index in [-0.39, 0.29) is 6.42 Å². The summed E-state index contributed by atoms with van der Waals surface area (Å²) in [5.74, 6) is -2.24. The predicted molar refractivity (Wildman–Crippen MR) is 117 cm³/mol. The van der Waals surface area contributed by atoms with Gasteiger partial charge in [-0.15, -0.1) is 0 Å². The highest BCUT2D eigenvalue weighted by molar-refractivity contribution is 4.98. The number of aliphatic hydroxyl groups is 6. The van der Waals surface area contributed by atoms with Crippen LogP contribution in [0.3, 0.4) is 0 Å². The van der Waals surface area contributed by atoms with Gasteiger partial charge in [0, 0.05) is 20.6 Å². The number of ether oxygens (including phenoxy) is 7. The minimum atomic E-state index is -2.24. The van der Waals surface area contributed by atoms with Crippen molar-refractivity contribution in [3.8, 4) is 0 Å². The van der Waals surface area contributed by atoms with Crippen molar-refractivity contribution in [1.29, 1.82) is 0 Å². The summed E-state index contributed by atoms with van der Waals surface area (Å²) in [6.07, 6.45) is -12.3. The molecule has 0 aromatic carbocycles. The molecule has 36 heavy (non-hydrogen) atoms. The number of hydrogen-bond donors (Lipinski definition) is 9. The number of aliphatic hydroxyl groups excluding tert-OH is 5. The van der Waals surface area contributed by atoms with E-state index in [9.17, 15) is 30.6 Å². The SMILES string of the molecule is COC1OC(CO)C(OC2OC(CO)C(O)(OC3OC(CO)C(OC)C(O)C3N)CC2N)C(O)C1N. The molecule has 16 heteroatoms. The lowest BCUT2D eigenvalue weighted by molar-refractivity contribution is -0.403. The van der Waals surface area contributed by atoms with Crippen molar-refractivity contribution < 1.29 is 63.8 Å². The Morgan fingerprint density at radius 3 is 1.89 bits per heavy atom. The monoisotopic (exact) mass is 529 g/mol. The molecule has 3 aliphatic rings. The highest BCUT2D eigenvalue weighted by atomic mass is 16.8. The predicted octanol–water partition coefficient (Wildman–Crippen LogP) is -6.02. The van der Waals surface area contributed by atoms with E-state index in [2.05, 4.69) is 0 Å². The summed E-state index contributed by atoms with van der Waals surface area (Å²) >= 11 is 0. The van der Waals surface area contributed by atoms with Crippen molar-refractivity contribution in [3.05, 3.63) is 0 Å². The summed E-state index contributed by atoms with van der Waals surface area (Å²) in [7, 11) is 2.65. The Balaban J connectivity index is 1.72. The Labute approximate surface area is 207 Å². The fraction of sp³-hybridized carbons (Fsp3) is 1.00. The zero-order valence-electron chi connectivity index (χ0n) is 20.1. The highest BCUT2D eigenvalue weighted by Crippen LogP contribution is 2.36. The Morgan fingerprint density at radius 1 is 0.778 bits per heavy atom. The Morgan fingerprint density at radius 2 is 1.33 bits per heavy atom. The van der Waals surface area contributed by atoms with Gasteiger partial charge in [0.1, 0.15) is 42.7 Å². The van der Waals surface area contributed by atoms with Gasteiger partial charge in [-0.2, -0.15) is 0 Å². The maximum absolute atomic E-state index is 11.2. The zero-order chi connectivity index (χ0) is 26.8. The van der Waals surface area contributed by atoms with E-state index in [1.165, 1.54) is 14.2 Å². The molecule has 3 fully saturated rings. The molecular formula is C20H39N3O13. The largest absolute Gasteiger partial charge is 0.394 e. The lowest BCUT2D eigenvalue weighted by Crippen LogP contribution is -2.69. The van der Waals surface area contributed by atoms with Crippen molar-refractivity contribution in [2.45, 2.75) is 91.9 Å². The quantitative estimate of drug-likeness (QED) is 0.126. The molecule has 12 N–H and O–H groups in total. The summed E-state index contributed by atoms with van der Waals surface area (Å²) in [5.41, 5.74) is 18.1. The van der Waals surface area contributed by atoms with Gasteiger partial charge in [-0.05, 0) is 0 Å². The molecule has 0 saturated carbocycles. The molecule has 0 aromatic heterocycles. The van der Waals surface area contributed by atoms with E-state index < -0.39 is 105 Å². The van der Waals surface area contributed by atoms with Crippen LogP contribution in [0.5, 0.6) is 0 Å². The topological polar surface area (TPSA) is 264 Å². The van der Waals surface area contributed by atoms with Gasteiger partial charge in [0.2, 0.25) is 0 Å². The lowest BCUT2D eigenvalue weighted by Gasteiger charge is -2.50. The van der Waals surface area contributed by atoms with Crippen LogP contribution in [0.2, 0.25) is 0 Å². The van der Waals surface area contributed by atoms with Crippen molar-refractivity contribution in [3.63, 3.8) is 0 Å². The molecule has 3 saturated heterocycles. The average molecular weight is 530 g/mol. The average Bonchev–Trinajstić information content (AvgIpc) is 2.86. The molecule has 3 aliphatic heterocycles. The Bertz CT molecular complexity index is 693. The molecule has 14 unspecified atom stereocenters. The molecule has 3 heterocycles. The number of nitrogens with two attached hydrogens (primary N) is 3. The van der Waals surface area contributed by atoms with E-state index in [0.717, 1.165) is 0 Å². The van der Waals surface area contributed by atoms with Crippen molar-refractivity contribution in [2.75, 3.05) is 34.0 Å². The molecule has 212 valence electrons. The molecule has 0 amide bonds. The van der Waals surface area contributed by atoms with E-state index in [1.807, 2.05) is 0 Å². The summed E-state index contributed by atoms with van der Waals surface area (Å²) in [5, 5.41) is 61.5. The molecule has 0 spiro atoms. The van der Waals surface area contributed by atoms with Crippen molar-refractivity contribution >= 4 is 0 Å². The summed E-state index contributed by atoms with van der Waals surface area (Å²) in [6.45, 7) is -1.82. The first kappa shape index (κ1) is 29.9. The standard InChI is InChI=1S/C20H39N3O13/c1-30-15-8(4-24)33-19(12(23)13(15)27)36-20(29)3-7(21)17(34-10(20)6-26)35-16-9(5-25)32-18(31-2)11(22)14(16)28/h7-19,24-29H,3-6,21-23H2,1-2H3. The third-order valence-corrected chi connectivity index (χ3v) is 6.76. The van der Waals surface area contributed by atoms with Gasteiger partial charge in [0.15, 0.2) is 24.7 Å². The summed E-state index contributed by atoms with van der Waals surface area (Å²) < 4.78 is 38.4. The van der Waals surface area contributed by atoms with Crippen LogP contribution in [-0.4, -0.2) is 150 Å². The smallest absolute Gasteiger partial charge is 0.199 e. The Hall–Kier alpha value is -0.640. The Kier molecular flexibility index (Phi) is 10.4. The number of hydrogen-bond acceptors (Lipinski definition) is 16. The first-order valence-corrected chi connectivity index (χ1v) is 11.6. The zero-order valence-corrected chi connectivity index (χ0v) is 20.1. The van der Waals surface area contributed by atoms with Crippen LogP contribution >= 0.6 is 0 Å². The van der Waals surface area contributed by atoms with E-state index in [1.54, 1.807) is 0 Å². The first-order valence-electron chi connectivity index (χ1n) is 11.6. The van der Waals surface area contributed by atoms with Crippen molar-refractivity contribution in [1.82, 2.24) is 0 Å². The van der Waals surface area contributed by atoms with Gasteiger partial charge in [-0.1, -0.05) is 0 Å². The van der Waals surface area contributed by atoms with Crippen LogP contribution in [0.25, 0.3) is 0 Å². The molecule has 0 aromatic rings. The maximum Gasteiger partial charge on any atom is 0.199 e. The second kappa shape index (κ2) is 12.5. The van der Waals surface area contributed by atoms with E-state index in [0.29, 0.717) is 0 Å². The van der Waals surface area contributed by atoms with Gasteiger partial charge in [-0.25, -0.2) is 0 Å². The fourth-order valence-corrected chi connectivity index (χ4v) is 4.69. The van der Waals surface area contributed by atoms with Gasteiger partial charge < -0.3 is 81.0 Å². The lowest BCUT2D eigenvalue weighted by atomic mass is 9.94. The third kappa shape index (κ3) is 5.84. The van der Waals surface area contributed by atoms with Gasteiger partial charge in [0.05, 0.1) is 37.9 Å². The second-order valence-electron chi connectivity index (χ2n) is 9.13. The van der Waals surface area contributed by atoms with Crippen LogP contribution < -0.4 is 17.2 Å². The first-order chi connectivity index (χ1) is 17.0. The van der Waals surface area contributed by atoms with Crippen LogP contribution in [0, 0.1) is 0 Å². The summed E-state index contributed by atoms with van der Waals surface area (Å²) in [6, 6.07) is -3.28. The molecule has 16 nitrogen and oxygen atoms in total. The van der Waals surface area contributed by atoms with Crippen LogP contribution in [0.1, 0.15) is 6.42 Å². The van der Waals surface area contributed by atoms with Gasteiger partial charge >= 0.3 is 0 Å². The van der Waals surface area contributed by atoms with Gasteiger partial charge in [0.25, 0.3) is 0 Å². The second-order valence-corrected chi connectivity index (χ2v) is 9.13. The minimum Gasteiger partial charge on any atom is -0.394 e. The third-order valence-electron chi connectivity index (χ3n) is 6.76. The number of methoxy groups -OCH3 is 2. The highest BCUT2D eigenvalue weighted by Gasteiger charge is 2.55.